The fourth-order valence-electron chi connectivity index (χ4n) is 5.16. The fourth-order valence-corrected chi connectivity index (χ4v) is 5.16. The molecule has 0 amide bonds. The van der Waals surface area contributed by atoms with Crippen LogP contribution in [0.1, 0.15) is 16.7 Å². The summed E-state index contributed by atoms with van der Waals surface area (Å²) in [6.07, 6.45) is 0. The zero-order chi connectivity index (χ0) is 26.9. The van der Waals surface area contributed by atoms with Crippen LogP contribution in [-0.4, -0.2) is 40.3 Å². The van der Waals surface area contributed by atoms with E-state index in [4.69, 9.17) is 0 Å². The summed E-state index contributed by atoms with van der Waals surface area (Å²) in [6.45, 7) is 0. The minimum Gasteiger partial charge on any atom is -0.378 e. The maximum absolute atomic E-state index is 12.8. The van der Waals surface area contributed by atoms with Crippen molar-refractivity contribution in [3.63, 3.8) is 0 Å². The molecule has 4 nitrogen and oxygen atoms in total. The highest BCUT2D eigenvalue weighted by Gasteiger charge is 2.36. The topological polar surface area (TPSA) is 30.0 Å². The molecule has 0 heterocycles. The second-order valence-electron chi connectivity index (χ2n) is 10.2. The number of benzene rings is 5. The average molecular weight is 502 g/mol. The Morgan fingerprint density at radius 1 is 0.474 bits per heavy atom. The van der Waals surface area contributed by atoms with Crippen LogP contribution in [0, 0.1) is 0 Å². The SMILES string of the molecule is CN(C)c1ccc(C(O)(c2ccc(N(C)C)cc2)c2ccc(N(C)c3ccccc3)c3ccccc23)cc1. The molecule has 0 fully saturated rings. The number of rotatable bonds is 7. The summed E-state index contributed by atoms with van der Waals surface area (Å²) in [6, 6.07) is 39.3. The van der Waals surface area contributed by atoms with Crippen LogP contribution in [0.4, 0.5) is 22.7 Å². The van der Waals surface area contributed by atoms with Gasteiger partial charge < -0.3 is 19.8 Å². The van der Waals surface area contributed by atoms with Gasteiger partial charge in [-0.25, -0.2) is 0 Å². The van der Waals surface area contributed by atoms with Crippen molar-refractivity contribution in [2.45, 2.75) is 5.60 Å². The molecule has 0 aliphatic rings. The van der Waals surface area contributed by atoms with Gasteiger partial charge in [-0.1, -0.05) is 72.8 Å². The normalized spacial score (nSPS) is 11.4. The maximum atomic E-state index is 12.8. The molecule has 5 aromatic rings. The first-order valence-corrected chi connectivity index (χ1v) is 12.9. The molecule has 0 spiro atoms. The number of fused-ring (bicyclic) bond motifs is 1. The standard InChI is InChI=1S/C34H35N3O/c1-35(2)27-19-15-25(16-20-27)34(38,26-17-21-28(22-18-26)36(3)4)32-23-24-33(31-14-10-9-13-30(31)32)37(5)29-11-7-6-8-12-29/h6-24,38H,1-5H3. The Kier molecular flexibility index (Phi) is 6.83. The molecular formula is C34H35N3O. The Morgan fingerprint density at radius 2 is 0.947 bits per heavy atom. The van der Waals surface area contributed by atoms with Gasteiger partial charge in [0.05, 0.1) is 0 Å². The summed E-state index contributed by atoms with van der Waals surface area (Å²) in [5.41, 5.74) is 5.54. The predicted molar refractivity (Wildman–Crippen MR) is 162 cm³/mol. The molecular weight excluding hydrogens is 466 g/mol. The lowest BCUT2D eigenvalue weighted by Gasteiger charge is -2.33. The third kappa shape index (κ3) is 4.48. The molecule has 0 aliphatic carbocycles. The predicted octanol–water partition coefficient (Wildman–Crippen LogP) is 7.02. The summed E-state index contributed by atoms with van der Waals surface area (Å²) in [7, 11) is 10.2. The lowest BCUT2D eigenvalue weighted by Crippen LogP contribution is -2.29. The van der Waals surface area contributed by atoms with Crippen LogP contribution >= 0.6 is 0 Å². The highest BCUT2D eigenvalue weighted by Crippen LogP contribution is 2.43. The summed E-state index contributed by atoms with van der Waals surface area (Å²) in [4.78, 5) is 6.33. The lowest BCUT2D eigenvalue weighted by atomic mass is 9.78. The van der Waals surface area contributed by atoms with E-state index in [0.717, 1.165) is 50.2 Å². The van der Waals surface area contributed by atoms with Crippen LogP contribution in [0.2, 0.25) is 0 Å². The van der Waals surface area contributed by atoms with Gasteiger partial charge in [0.2, 0.25) is 0 Å². The van der Waals surface area contributed by atoms with E-state index in [1.807, 2.05) is 64.6 Å². The Morgan fingerprint density at radius 3 is 1.45 bits per heavy atom. The van der Waals surface area contributed by atoms with E-state index >= 15 is 0 Å². The minimum absolute atomic E-state index is 0.829. The molecule has 0 bridgehead atoms. The van der Waals surface area contributed by atoms with Gasteiger partial charge in [0.25, 0.3) is 0 Å². The monoisotopic (exact) mass is 501 g/mol. The lowest BCUT2D eigenvalue weighted by molar-refractivity contribution is 0.127. The van der Waals surface area contributed by atoms with Crippen molar-refractivity contribution in [1.82, 2.24) is 0 Å². The van der Waals surface area contributed by atoms with E-state index in [9.17, 15) is 5.11 Å². The van der Waals surface area contributed by atoms with Crippen molar-refractivity contribution in [2.75, 3.05) is 49.9 Å². The fraction of sp³-hybridized carbons (Fsp3) is 0.176. The van der Waals surface area contributed by atoms with E-state index in [1.165, 1.54) is 0 Å². The summed E-state index contributed by atoms with van der Waals surface area (Å²) in [5.74, 6) is 0. The van der Waals surface area contributed by atoms with Gasteiger partial charge in [0.1, 0.15) is 5.60 Å². The van der Waals surface area contributed by atoms with Gasteiger partial charge in [-0.3, -0.25) is 0 Å². The van der Waals surface area contributed by atoms with Crippen LogP contribution in [-0.2, 0) is 5.60 Å². The quantitative estimate of drug-likeness (QED) is 0.243. The van der Waals surface area contributed by atoms with Crippen LogP contribution in [0.15, 0.2) is 115 Å². The Bertz CT molecular complexity index is 1470. The van der Waals surface area contributed by atoms with E-state index in [2.05, 4.69) is 101 Å². The average Bonchev–Trinajstić information content (AvgIpc) is 2.96. The zero-order valence-corrected chi connectivity index (χ0v) is 22.8. The second-order valence-corrected chi connectivity index (χ2v) is 10.2. The van der Waals surface area contributed by atoms with Crippen LogP contribution in [0.3, 0.4) is 0 Å². The summed E-state index contributed by atoms with van der Waals surface area (Å²) in [5, 5.41) is 14.9. The number of nitrogens with zero attached hydrogens (tertiary/aromatic N) is 3. The molecule has 0 aliphatic heterocycles. The van der Waals surface area contributed by atoms with Crippen LogP contribution in [0.5, 0.6) is 0 Å². The van der Waals surface area contributed by atoms with Crippen LogP contribution < -0.4 is 14.7 Å². The number of aliphatic hydroxyl groups is 1. The number of para-hydroxylation sites is 1. The van der Waals surface area contributed by atoms with Crippen molar-refractivity contribution < 1.29 is 5.11 Å². The van der Waals surface area contributed by atoms with E-state index in [0.29, 0.717) is 0 Å². The largest absolute Gasteiger partial charge is 0.378 e. The van der Waals surface area contributed by atoms with Gasteiger partial charge in [-0.2, -0.15) is 0 Å². The second kappa shape index (κ2) is 10.2. The molecule has 0 aromatic heterocycles. The van der Waals surface area contributed by atoms with E-state index < -0.39 is 5.60 Å². The van der Waals surface area contributed by atoms with Crippen molar-refractivity contribution in [3.05, 3.63) is 132 Å². The van der Waals surface area contributed by atoms with Gasteiger partial charge in [-0.05, 0) is 59.0 Å². The van der Waals surface area contributed by atoms with Gasteiger partial charge in [0, 0.05) is 68.9 Å². The Balaban J connectivity index is 1.74. The number of anilines is 4. The van der Waals surface area contributed by atoms with Crippen molar-refractivity contribution in [2.24, 2.45) is 0 Å². The van der Waals surface area contributed by atoms with E-state index in [-0.39, 0.29) is 0 Å². The molecule has 1 N–H and O–H groups in total. The third-order valence-electron chi connectivity index (χ3n) is 7.40. The highest BCUT2D eigenvalue weighted by atomic mass is 16.3. The molecule has 5 aromatic carbocycles. The molecule has 0 unspecified atom stereocenters. The zero-order valence-electron chi connectivity index (χ0n) is 22.8. The smallest absolute Gasteiger partial charge is 0.141 e. The van der Waals surface area contributed by atoms with Crippen LogP contribution in [0.25, 0.3) is 10.8 Å². The molecule has 0 saturated heterocycles. The first-order chi connectivity index (χ1) is 18.3. The van der Waals surface area contributed by atoms with Crippen molar-refractivity contribution >= 4 is 33.5 Å². The first kappa shape index (κ1) is 25.4. The number of hydrogen-bond donors (Lipinski definition) is 1. The summed E-state index contributed by atoms with van der Waals surface area (Å²) >= 11 is 0. The minimum atomic E-state index is -1.35. The summed E-state index contributed by atoms with van der Waals surface area (Å²) < 4.78 is 0. The molecule has 192 valence electrons. The molecule has 0 atom stereocenters. The Labute approximate surface area is 226 Å². The van der Waals surface area contributed by atoms with Crippen molar-refractivity contribution in [1.29, 1.82) is 0 Å². The van der Waals surface area contributed by atoms with Gasteiger partial charge in [-0.15, -0.1) is 0 Å². The molecule has 5 rings (SSSR count). The highest BCUT2D eigenvalue weighted by molar-refractivity contribution is 5.99. The Hall–Kier alpha value is -4.28. The first-order valence-electron chi connectivity index (χ1n) is 12.9. The maximum Gasteiger partial charge on any atom is 0.141 e. The molecule has 0 radical (unpaired) electrons. The van der Waals surface area contributed by atoms with Gasteiger partial charge >= 0.3 is 0 Å². The molecule has 38 heavy (non-hydrogen) atoms. The number of hydrogen-bond acceptors (Lipinski definition) is 4. The van der Waals surface area contributed by atoms with E-state index in [1.54, 1.807) is 0 Å². The van der Waals surface area contributed by atoms with Gasteiger partial charge in [0.15, 0.2) is 0 Å². The third-order valence-corrected chi connectivity index (χ3v) is 7.40. The molecule has 4 heteroatoms. The van der Waals surface area contributed by atoms with Crippen molar-refractivity contribution in [3.8, 4) is 0 Å². The molecule has 0 saturated carbocycles.